The van der Waals surface area contributed by atoms with Gasteiger partial charge in [0.2, 0.25) is 5.95 Å². The lowest BCUT2D eigenvalue weighted by Crippen LogP contribution is -2.51. The molecule has 4 rings (SSSR count). The zero-order valence-corrected chi connectivity index (χ0v) is 16.0. The van der Waals surface area contributed by atoms with Crippen LogP contribution in [0.5, 0.6) is 0 Å². The van der Waals surface area contributed by atoms with E-state index in [2.05, 4.69) is 49.8 Å². The number of carbonyl (C=O) groups is 1. The Hall–Kier alpha value is -3.15. The summed E-state index contributed by atoms with van der Waals surface area (Å²) in [4.78, 5) is 23.4. The lowest BCUT2D eigenvalue weighted by Gasteiger charge is -2.33. The van der Waals surface area contributed by atoms with Gasteiger partial charge in [0.15, 0.2) is 0 Å². The van der Waals surface area contributed by atoms with Gasteiger partial charge in [-0.2, -0.15) is 0 Å². The Morgan fingerprint density at radius 2 is 1.89 bits per heavy atom. The number of aromatic nitrogens is 2. The number of carbonyl (C=O) groups excluding carboxylic acids is 1. The number of fused-ring (bicyclic) bond motifs is 1. The molecule has 144 valence electrons. The third-order valence-electron chi connectivity index (χ3n) is 5.23. The maximum Gasteiger partial charge on any atom is 0.315 e. The molecule has 2 N–H and O–H groups in total. The van der Waals surface area contributed by atoms with Crippen molar-refractivity contribution < 1.29 is 4.79 Å². The molecule has 1 fully saturated rings. The second-order valence-corrected chi connectivity index (χ2v) is 7.24. The highest BCUT2D eigenvalue weighted by molar-refractivity contribution is 5.86. The highest BCUT2D eigenvalue weighted by Crippen LogP contribution is 2.24. The average molecular weight is 375 g/mol. The maximum atomic E-state index is 12.6. The van der Waals surface area contributed by atoms with Gasteiger partial charge in [-0.3, -0.25) is 0 Å². The summed E-state index contributed by atoms with van der Waals surface area (Å²) in [7, 11) is 0. The Morgan fingerprint density at radius 1 is 1.11 bits per heavy atom. The summed E-state index contributed by atoms with van der Waals surface area (Å²) >= 11 is 0. The molecule has 0 spiro atoms. The van der Waals surface area contributed by atoms with Crippen molar-refractivity contribution in [3.8, 4) is 0 Å². The van der Waals surface area contributed by atoms with E-state index in [4.69, 9.17) is 0 Å². The summed E-state index contributed by atoms with van der Waals surface area (Å²) in [5, 5.41) is 8.56. The van der Waals surface area contributed by atoms with Crippen LogP contribution in [0.25, 0.3) is 10.8 Å². The molecular formula is C22H25N5O. The predicted molar refractivity (Wildman–Crippen MR) is 111 cm³/mol. The highest BCUT2D eigenvalue weighted by atomic mass is 16.2. The highest BCUT2D eigenvalue weighted by Gasteiger charge is 2.23. The minimum Gasteiger partial charge on any atom is -0.339 e. The fourth-order valence-electron chi connectivity index (χ4n) is 3.86. The number of hydrogen-bond donors (Lipinski definition) is 2. The summed E-state index contributed by atoms with van der Waals surface area (Å²) in [6.07, 6.45) is 5.46. The van der Waals surface area contributed by atoms with Crippen molar-refractivity contribution in [2.24, 2.45) is 0 Å². The standard InChI is InChI=1S/C22H25N5O/c1-16(19-11-4-8-17-7-2-3-10-20(17)19)25-22(28)26-18-9-5-14-27(15-18)21-23-12-6-13-24-21/h2-4,6-8,10-13,16,18H,5,9,14-15H2,1H3,(H2,25,26,28). The van der Waals surface area contributed by atoms with E-state index in [0.717, 1.165) is 37.4 Å². The van der Waals surface area contributed by atoms with E-state index in [1.807, 2.05) is 31.2 Å². The minimum absolute atomic E-state index is 0.0803. The van der Waals surface area contributed by atoms with Crippen LogP contribution in [-0.2, 0) is 0 Å². The normalized spacial score (nSPS) is 17.9. The Morgan fingerprint density at radius 3 is 2.75 bits per heavy atom. The van der Waals surface area contributed by atoms with Gasteiger partial charge < -0.3 is 15.5 Å². The average Bonchev–Trinajstić information content (AvgIpc) is 2.74. The molecular weight excluding hydrogens is 350 g/mol. The third kappa shape index (κ3) is 4.06. The molecule has 1 aromatic heterocycles. The molecule has 2 amide bonds. The number of urea groups is 1. The lowest BCUT2D eigenvalue weighted by molar-refractivity contribution is 0.232. The van der Waals surface area contributed by atoms with Gasteiger partial charge in [0.25, 0.3) is 0 Å². The van der Waals surface area contributed by atoms with Crippen molar-refractivity contribution in [1.82, 2.24) is 20.6 Å². The number of rotatable bonds is 4. The van der Waals surface area contributed by atoms with Crippen LogP contribution < -0.4 is 15.5 Å². The molecule has 6 nitrogen and oxygen atoms in total. The molecule has 0 radical (unpaired) electrons. The van der Waals surface area contributed by atoms with E-state index < -0.39 is 0 Å². The molecule has 0 bridgehead atoms. The Bertz CT molecular complexity index is 941. The molecule has 0 aliphatic carbocycles. The molecule has 3 aromatic rings. The second kappa shape index (κ2) is 8.25. The van der Waals surface area contributed by atoms with Gasteiger partial charge in [0.1, 0.15) is 0 Å². The first-order chi connectivity index (χ1) is 13.7. The first-order valence-electron chi connectivity index (χ1n) is 9.77. The van der Waals surface area contributed by atoms with Gasteiger partial charge in [-0.25, -0.2) is 14.8 Å². The summed E-state index contributed by atoms with van der Waals surface area (Å²) in [6, 6.07) is 16.1. The van der Waals surface area contributed by atoms with E-state index >= 15 is 0 Å². The third-order valence-corrected chi connectivity index (χ3v) is 5.23. The molecule has 1 aliphatic rings. The van der Waals surface area contributed by atoms with E-state index in [0.29, 0.717) is 0 Å². The van der Waals surface area contributed by atoms with Crippen LogP contribution in [0.2, 0.25) is 0 Å². The molecule has 2 unspecified atom stereocenters. The number of hydrogen-bond acceptors (Lipinski definition) is 4. The molecule has 28 heavy (non-hydrogen) atoms. The Balaban J connectivity index is 1.38. The van der Waals surface area contributed by atoms with Gasteiger partial charge in [-0.15, -0.1) is 0 Å². The van der Waals surface area contributed by atoms with Crippen molar-refractivity contribution in [2.45, 2.75) is 31.8 Å². The molecule has 0 saturated carbocycles. The first-order valence-corrected chi connectivity index (χ1v) is 9.77. The number of piperidine rings is 1. The molecule has 1 saturated heterocycles. The van der Waals surface area contributed by atoms with Crippen LogP contribution in [0.3, 0.4) is 0 Å². The van der Waals surface area contributed by atoms with E-state index in [9.17, 15) is 4.79 Å². The van der Waals surface area contributed by atoms with Crippen molar-refractivity contribution in [3.05, 3.63) is 66.5 Å². The van der Waals surface area contributed by atoms with Gasteiger partial charge in [-0.1, -0.05) is 42.5 Å². The second-order valence-electron chi connectivity index (χ2n) is 7.24. The van der Waals surface area contributed by atoms with Crippen LogP contribution in [0.4, 0.5) is 10.7 Å². The van der Waals surface area contributed by atoms with Crippen molar-refractivity contribution in [2.75, 3.05) is 18.0 Å². The van der Waals surface area contributed by atoms with Gasteiger partial charge in [0, 0.05) is 31.5 Å². The zero-order valence-electron chi connectivity index (χ0n) is 16.0. The van der Waals surface area contributed by atoms with Gasteiger partial charge in [0.05, 0.1) is 6.04 Å². The SMILES string of the molecule is CC(NC(=O)NC1CCCN(c2ncccn2)C1)c1cccc2ccccc12. The zero-order chi connectivity index (χ0) is 19.3. The number of benzene rings is 2. The van der Waals surface area contributed by atoms with Crippen LogP contribution >= 0.6 is 0 Å². The summed E-state index contributed by atoms with van der Waals surface area (Å²) in [5.41, 5.74) is 1.12. The smallest absolute Gasteiger partial charge is 0.315 e. The molecule has 1 aliphatic heterocycles. The lowest BCUT2D eigenvalue weighted by atomic mass is 10.00. The summed E-state index contributed by atoms with van der Waals surface area (Å²) in [5.74, 6) is 0.721. The van der Waals surface area contributed by atoms with E-state index in [-0.39, 0.29) is 18.1 Å². The monoisotopic (exact) mass is 375 g/mol. The maximum absolute atomic E-state index is 12.6. The van der Waals surface area contributed by atoms with E-state index in [1.165, 1.54) is 10.8 Å². The summed E-state index contributed by atoms with van der Waals surface area (Å²) in [6.45, 7) is 3.66. The summed E-state index contributed by atoms with van der Waals surface area (Å²) < 4.78 is 0. The first kappa shape index (κ1) is 18.2. The van der Waals surface area contributed by atoms with Crippen molar-refractivity contribution in [1.29, 1.82) is 0 Å². The van der Waals surface area contributed by atoms with Crippen LogP contribution in [-0.4, -0.2) is 35.1 Å². The van der Waals surface area contributed by atoms with Crippen molar-refractivity contribution in [3.63, 3.8) is 0 Å². The van der Waals surface area contributed by atoms with Crippen LogP contribution in [0, 0.1) is 0 Å². The predicted octanol–water partition coefficient (Wildman–Crippen LogP) is 3.66. The molecule has 2 aromatic carbocycles. The van der Waals surface area contributed by atoms with E-state index in [1.54, 1.807) is 12.4 Å². The number of nitrogens with zero attached hydrogens (tertiary/aromatic N) is 3. The number of anilines is 1. The largest absolute Gasteiger partial charge is 0.339 e. The van der Waals surface area contributed by atoms with Gasteiger partial charge >= 0.3 is 6.03 Å². The Kier molecular flexibility index (Phi) is 5.37. The fourth-order valence-corrected chi connectivity index (χ4v) is 3.86. The minimum atomic E-state index is -0.138. The fraction of sp³-hybridized carbons (Fsp3) is 0.318. The Labute approximate surface area is 165 Å². The number of nitrogens with one attached hydrogen (secondary N) is 2. The van der Waals surface area contributed by atoms with Crippen molar-refractivity contribution >= 4 is 22.8 Å². The topological polar surface area (TPSA) is 70.2 Å². The molecule has 2 heterocycles. The molecule has 6 heteroatoms. The quantitative estimate of drug-likeness (QED) is 0.730. The van der Waals surface area contributed by atoms with Crippen LogP contribution in [0.1, 0.15) is 31.4 Å². The van der Waals surface area contributed by atoms with Crippen LogP contribution in [0.15, 0.2) is 60.9 Å². The van der Waals surface area contributed by atoms with Gasteiger partial charge in [-0.05, 0) is 42.2 Å². The number of amides is 2. The molecule has 2 atom stereocenters.